The number of hydrogen-bond donors (Lipinski definition) is 0. The molecular weight excluding hydrogens is 307 g/mol. The number of rotatable bonds is 3. The first-order valence-electron chi connectivity index (χ1n) is 4.44. The third-order valence-electron chi connectivity index (χ3n) is 1.65. The fourth-order valence-corrected chi connectivity index (χ4v) is 2.85. The molecular formula is C10H9Cl3OS2. The number of hydrogen-bond acceptors (Lipinski definition) is 3. The lowest BCUT2D eigenvalue weighted by Gasteiger charge is -2.11. The summed E-state index contributed by atoms with van der Waals surface area (Å²) in [7, 11) is 0. The molecule has 0 saturated heterocycles. The predicted molar refractivity (Wildman–Crippen MR) is 76.6 cm³/mol. The standard InChI is InChI=1S/C10H9Cl3OS2/c11-10(12,13)16-9(15)14-7-6-8-4-2-1-3-5-8/h1-5H,6-7H2. The maximum atomic E-state index is 5.55. The molecule has 0 saturated carbocycles. The minimum atomic E-state index is -1.45. The smallest absolute Gasteiger partial charge is 0.245 e. The molecule has 0 fully saturated rings. The van der Waals surface area contributed by atoms with Crippen LogP contribution in [0.4, 0.5) is 0 Å². The summed E-state index contributed by atoms with van der Waals surface area (Å²) in [6.07, 6.45) is 0.779. The van der Waals surface area contributed by atoms with Gasteiger partial charge in [0.2, 0.25) is 7.51 Å². The van der Waals surface area contributed by atoms with Crippen LogP contribution in [0.3, 0.4) is 0 Å². The lowest BCUT2D eigenvalue weighted by atomic mass is 10.2. The van der Waals surface area contributed by atoms with Gasteiger partial charge in [0.1, 0.15) is 0 Å². The van der Waals surface area contributed by atoms with Crippen LogP contribution in [-0.4, -0.2) is 14.1 Å². The topological polar surface area (TPSA) is 9.23 Å². The van der Waals surface area contributed by atoms with E-state index in [1.54, 1.807) is 0 Å². The highest BCUT2D eigenvalue weighted by molar-refractivity contribution is 8.25. The van der Waals surface area contributed by atoms with Crippen molar-refractivity contribution in [3.05, 3.63) is 35.9 Å². The number of alkyl halides is 3. The lowest BCUT2D eigenvalue weighted by Crippen LogP contribution is -2.07. The molecule has 0 atom stereocenters. The van der Waals surface area contributed by atoms with Gasteiger partial charge in [0.15, 0.2) is 0 Å². The van der Waals surface area contributed by atoms with Crippen LogP contribution in [-0.2, 0) is 11.2 Å². The van der Waals surface area contributed by atoms with E-state index in [0.29, 0.717) is 6.61 Å². The Labute approximate surface area is 119 Å². The summed E-state index contributed by atoms with van der Waals surface area (Å²) in [6.45, 7) is 0.483. The molecule has 0 aliphatic carbocycles. The first kappa shape index (κ1) is 14.4. The molecule has 0 unspecified atom stereocenters. The van der Waals surface area contributed by atoms with Crippen molar-refractivity contribution in [1.82, 2.24) is 0 Å². The third kappa shape index (κ3) is 6.81. The maximum absolute atomic E-state index is 5.55. The van der Waals surface area contributed by atoms with E-state index in [1.807, 2.05) is 30.3 Å². The Hall–Kier alpha value is 0.330. The Kier molecular flexibility index (Phi) is 6.22. The first-order chi connectivity index (χ1) is 7.47. The van der Waals surface area contributed by atoms with Gasteiger partial charge in [0.05, 0.1) is 6.61 Å². The monoisotopic (exact) mass is 314 g/mol. The van der Waals surface area contributed by atoms with E-state index in [4.69, 9.17) is 51.8 Å². The van der Waals surface area contributed by atoms with Gasteiger partial charge < -0.3 is 4.74 Å². The summed E-state index contributed by atoms with van der Waals surface area (Å²) in [5.74, 6) is 0. The van der Waals surface area contributed by atoms with Crippen LogP contribution in [0.5, 0.6) is 0 Å². The quantitative estimate of drug-likeness (QED) is 0.596. The van der Waals surface area contributed by atoms with Crippen LogP contribution < -0.4 is 0 Å². The van der Waals surface area contributed by atoms with E-state index in [1.165, 1.54) is 5.56 Å². The Balaban J connectivity index is 2.24. The zero-order valence-corrected chi connectivity index (χ0v) is 12.1. The molecule has 88 valence electrons. The van der Waals surface area contributed by atoms with Gasteiger partial charge in [0.25, 0.3) is 0 Å². The van der Waals surface area contributed by atoms with Crippen LogP contribution in [0.2, 0.25) is 0 Å². The van der Waals surface area contributed by atoms with Crippen molar-refractivity contribution < 1.29 is 4.74 Å². The van der Waals surface area contributed by atoms with Gasteiger partial charge >= 0.3 is 0 Å². The van der Waals surface area contributed by atoms with Crippen molar-refractivity contribution in [2.45, 2.75) is 9.55 Å². The number of ether oxygens (including phenoxy) is 1. The third-order valence-corrected chi connectivity index (χ3v) is 3.23. The molecule has 0 bridgehead atoms. The summed E-state index contributed by atoms with van der Waals surface area (Å²) in [6, 6.07) is 9.96. The second kappa shape index (κ2) is 6.92. The molecule has 0 heterocycles. The summed E-state index contributed by atoms with van der Waals surface area (Å²) in [5.41, 5.74) is 1.18. The van der Waals surface area contributed by atoms with Gasteiger partial charge in [-0.15, -0.1) is 0 Å². The average molecular weight is 316 g/mol. The van der Waals surface area contributed by atoms with Crippen LogP contribution >= 0.6 is 58.8 Å². The van der Waals surface area contributed by atoms with E-state index >= 15 is 0 Å². The average Bonchev–Trinajstić information content (AvgIpc) is 2.16. The van der Waals surface area contributed by atoms with Crippen LogP contribution in [0, 0.1) is 0 Å². The van der Waals surface area contributed by atoms with Crippen LogP contribution in [0.25, 0.3) is 0 Å². The number of halogens is 3. The van der Waals surface area contributed by atoms with Crippen molar-refractivity contribution in [1.29, 1.82) is 0 Å². The van der Waals surface area contributed by atoms with E-state index in [2.05, 4.69) is 0 Å². The number of benzene rings is 1. The second-order valence-electron chi connectivity index (χ2n) is 2.88. The number of thioether (sulfide) groups is 1. The predicted octanol–water partition coefficient (Wildman–Crippen LogP) is 4.59. The van der Waals surface area contributed by atoms with Crippen molar-refractivity contribution in [3.63, 3.8) is 0 Å². The molecule has 0 N–H and O–H groups in total. The van der Waals surface area contributed by atoms with E-state index < -0.39 is 3.12 Å². The Morgan fingerprint density at radius 2 is 1.88 bits per heavy atom. The molecule has 1 aromatic rings. The molecule has 1 aromatic carbocycles. The molecule has 0 aliphatic rings. The fraction of sp³-hybridized carbons (Fsp3) is 0.300. The zero-order chi connectivity index (χ0) is 12.0. The van der Waals surface area contributed by atoms with Crippen LogP contribution in [0.15, 0.2) is 30.3 Å². The van der Waals surface area contributed by atoms with Crippen molar-refractivity contribution >= 4 is 63.2 Å². The van der Waals surface area contributed by atoms with Gasteiger partial charge in [0, 0.05) is 6.42 Å². The highest BCUT2D eigenvalue weighted by atomic mass is 35.6. The van der Waals surface area contributed by atoms with E-state index in [-0.39, 0.29) is 4.38 Å². The van der Waals surface area contributed by atoms with E-state index in [9.17, 15) is 0 Å². The molecule has 0 aliphatic heterocycles. The van der Waals surface area contributed by atoms with Gasteiger partial charge in [-0.25, -0.2) is 0 Å². The minimum absolute atomic E-state index is 0.246. The van der Waals surface area contributed by atoms with E-state index in [0.717, 1.165) is 18.2 Å². The normalized spacial score (nSPS) is 11.2. The Morgan fingerprint density at radius 1 is 1.25 bits per heavy atom. The highest BCUT2D eigenvalue weighted by Crippen LogP contribution is 2.39. The highest BCUT2D eigenvalue weighted by Gasteiger charge is 2.23. The van der Waals surface area contributed by atoms with Gasteiger partial charge in [-0.2, -0.15) is 0 Å². The van der Waals surface area contributed by atoms with Gasteiger partial charge in [-0.05, 0) is 29.5 Å². The van der Waals surface area contributed by atoms with Gasteiger partial charge in [-0.3, -0.25) is 0 Å². The molecule has 1 nitrogen and oxygen atoms in total. The van der Waals surface area contributed by atoms with Crippen LogP contribution in [0.1, 0.15) is 5.56 Å². The Bertz CT molecular complexity index is 338. The largest absolute Gasteiger partial charge is 0.478 e. The lowest BCUT2D eigenvalue weighted by molar-refractivity contribution is 0.326. The molecule has 0 radical (unpaired) electrons. The molecule has 6 heteroatoms. The van der Waals surface area contributed by atoms with Gasteiger partial charge in [-0.1, -0.05) is 65.1 Å². The summed E-state index contributed by atoms with van der Waals surface area (Å²) in [5, 5.41) is 0. The molecule has 0 amide bonds. The maximum Gasteiger partial charge on any atom is 0.245 e. The van der Waals surface area contributed by atoms with Crippen molar-refractivity contribution in [2.75, 3.05) is 6.61 Å². The molecule has 0 spiro atoms. The SMILES string of the molecule is S=C(OCCc1ccccc1)SC(Cl)(Cl)Cl. The fourth-order valence-electron chi connectivity index (χ4n) is 1.02. The zero-order valence-electron chi connectivity index (χ0n) is 8.16. The molecule has 16 heavy (non-hydrogen) atoms. The number of thiocarbonyl (C=S) groups is 1. The summed E-state index contributed by atoms with van der Waals surface area (Å²) >= 11 is 22.5. The second-order valence-corrected chi connectivity index (χ2v) is 7.65. The molecule has 1 rings (SSSR count). The minimum Gasteiger partial charge on any atom is -0.478 e. The summed E-state index contributed by atoms with van der Waals surface area (Å²) < 4.78 is 4.05. The Morgan fingerprint density at radius 3 is 2.44 bits per heavy atom. The summed E-state index contributed by atoms with van der Waals surface area (Å²) in [4.78, 5) is 0. The van der Waals surface area contributed by atoms with Crippen molar-refractivity contribution in [2.24, 2.45) is 0 Å². The van der Waals surface area contributed by atoms with Crippen molar-refractivity contribution in [3.8, 4) is 0 Å². The molecule has 0 aromatic heterocycles. The first-order valence-corrected chi connectivity index (χ1v) is 6.79.